The van der Waals surface area contributed by atoms with Crippen LogP contribution in [0.5, 0.6) is 0 Å². The molecule has 0 aromatic heterocycles. The molecule has 14 heavy (non-hydrogen) atoms. The Hall–Kier alpha value is -0.570. The summed E-state index contributed by atoms with van der Waals surface area (Å²) in [6.07, 6.45) is 3.82. The average molecular weight is 201 g/mol. The summed E-state index contributed by atoms with van der Waals surface area (Å²) in [4.78, 5) is 13.4. The van der Waals surface area contributed by atoms with E-state index in [9.17, 15) is 4.79 Å². The predicted octanol–water partition coefficient (Wildman–Crippen LogP) is 1.80. The normalized spacial score (nSPS) is 10.6. The second-order valence-corrected chi connectivity index (χ2v) is 3.86. The number of unbranched alkanes of at least 4 members (excludes halogenated alkanes) is 2. The van der Waals surface area contributed by atoms with Crippen molar-refractivity contribution in [2.75, 3.05) is 13.2 Å². The SMILES string of the molecule is CCCCCC(=O)N(CCO)C(C)C. The molecular weight excluding hydrogens is 178 g/mol. The van der Waals surface area contributed by atoms with Crippen molar-refractivity contribution in [3.63, 3.8) is 0 Å². The highest BCUT2D eigenvalue weighted by Gasteiger charge is 2.14. The number of carbonyl (C=O) groups is 1. The molecule has 0 spiro atoms. The van der Waals surface area contributed by atoms with Gasteiger partial charge in [-0.3, -0.25) is 4.79 Å². The molecule has 3 nitrogen and oxygen atoms in total. The Balaban J connectivity index is 3.89. The van der Waals surface area contributed by atoms with Crippen LogP contribution in [-0.2, 0) is 4.79 Å². The van der Waals surface area contributed by atoms with Crippen LogP contribution in [0.15, 0.2) is 0 Å². The third-order valence-electron chi connectivity index (χ3n) is 2.28. The molecule has 0 aliphatic rings. The van der Waals surface area contributed by atoms with Gasteiger partial charge in [0.05, 0.1) is 6.61 Å². The van der Waals surface area contributed by atoms with Gasteiger partial charge in [-0.05, 0) is 20.3 Å². The summed E-state index contributed by atoms with van der Waals surface area (Å²) in [5.41, 5.74) is 0. The lowest BCUT2D eigenvalue weighted by atomic mass is 10.2. The molecule has 1 amide bonds. The number of nitrogens with zero attached hydrogens (tertiary/aromatic N) is 1. The van der Waals surface area contributed by atoms with Crippen molar-refractivity contribution < 1.29 is 9.90 Å². The van der Waals surface area contributed by atoms with Crippen LogP contribution in [0.1, 0.15) is 46.5 Å². The zero-order valence-corrected chi connectivity index (χ0v) is 9.62. The molecule has 84 valence electrons. The van der Waals surface area contributed by atoms with Gasteiger partial charge in [-0.2, -0.15) is 0 Å². The number of rotatable bonds is 7. The Morgan fingerprint density at radius 2 is 2.00 bits per heavy atom. The first kappa shape index (κ1) is 13.4. The van der Waals surface area contributed by atoms with Gasteiger partial charge in [-0.1, -0.05) is 19.8 Å². The fourth-order valence-corrected chi connectivity index (χ4v) is 1.45. The summed E-state index contributed by atoms with van der Waals surface area (Å²) < 4.78 is 0. The Morgan fingerprint density at radius 1 is 1.36 bits per heavy atom. The summed E-state index contributed by atoms with van der Waals surface area (Å²) >= 11 is 0. The maximum atomic E-state index is 11.7. The van der Waals surface area contributed by atoms with Crippen LogP contribution >= 0.6 is 0 Å². The summed E-state index contributed by atoms with van der Waals surface area (Å²) in [7, 11) is 0. The maximum Gasteiger partial charge on any atom is 0.222 e. The molecule has 0 aliphatic carbocycles. The molecule has 1 N–H and O–H groups in total. The van der Waals surface area contributed by atoms with Crippen molar-refractivity contribution in [3.8, 4) is 0 Å². The van der Waals surface area contributed by atoms with E-state index in [1.807, 2.05) is 13.8 Å². The molecule has 3 heteroatoms. The molecule has 0 saturated carbocycles. The van der Waals surface area contributed by atoms with Gasteiger partial charge in [0.1, 0.15) is 0 Å². The van der Waals surface area contributed by atoms with Crippen LogP contribution in [0, 0.1) is 0 Å². The van der Waals surface area contributed by atoms with Crippen molar-refractivity contribution in [1.29, 1.82) is 0 Å². The van der Waals surface area contributed by atoms with Gasteiger partial charge in [0.25, 0.3) is 0 Å². The summed E-state index contributed by atoms with van der Waals surface area (Å²) in [5.74, 6) is 0.169. The van der Waals surface area contributed by atoms with E-state index in [1.54, 1.807) is 4.90 Å². The second-order valence-electron chi connectivity index (χ2n) is 3.86. The lowest BCUT2D eigenvalue weighted by Gasteiger charge is -2.25. The number of amides is 1. The molecule has 0 fully saturated rings. The number of hydrogen-bond donors (Lipinski definition) is 1. The molecule has 0 radical (unpaired) electrons. The Bertz CT molecular complexity index is 157. The summed E-state index contributed by atoms with van der Waals surface area (Å²) in [6, 6.07) is 0.191. The minimum Gasteiger partial charge on any atom is -0.395 e. The number of aliphatic hydroxyl groups excluding tert-OH is 1. The van der Waals surface area contributed by atoms with Crippen LogP contribution in [0.4, 0.5) is 0 Å². The van der Waals surface area contributed by atoms with Crippen LogP contribution in [0.25, 0.3) is 0 Å². The molecule has 0 aromatic rings. The van der Waals surface area contributed by atoms with Gasteiger partial charge < -0.3 is 10.0 Å². The molecule has 0 heterocycles. The van der Waals surface area contributed by atoms with E-state index in [2.05, 4.69) is 6.92 Å². The Morgan fingerprint density at radius 3 is 2.43 bits per heavy atom. The highest BCUT2D eigenvalue weighted by atomic mass is 16.3. The zero-order valence-electron chi connectivity index (χ0n) is 9.62. The lowest BCUT2D eigenvalue weighted by molar-refractivity contribution is -0.133. The zero-order chi connectivity index (χ0) is 11.0. The van der Waals surface area contributed by atoms with Gasteiger partial charge in [0, 0.05) is 19.0 Å². The van der Waals surface area contributed by atoms with Crippen molar-refractivity contribution in [3.05, 3.63) is 0 Å². The molecule has 0 aromatic carbocycles. The largest absolute Gasteiger partial charge is 0.395 e. The molecule has 0 saturated heterocycles. The number of carbonyl (C=O) groups excluding carboxylic acids is 1. The number of aliphatic hydroxyl groups is 1. The van der Waals surface area contributed by atoms with E-state index >= 15 is 0 Å². The van der Waals surface area contributed by atoms with E-state index in [-0.39, 0.29) is 18.6 Å². The third-order valence-corrected chi connectivity index (χ3v) is 2.28. The number of hydrogen-bond acceptors (Lipinski definition) is 2. The van der Waals surface area contributed by atoms with Crippen LogP contribution < -0.4 is 0 Å². The van der Waals surface area contributed by atoms with Crippen molar-refractivity contribution in [2.45, 2.75) is 52.5 Å². The standard InChI is InChI=1S/C11H23NO2/c1-4-5-6-7-11(14)12(8-9-13)10(2)3/h10,13H,4-9H2,1-3H3. The van der Waals surface area contributed by atoms with Gasteiger partial charge in [-0.25, -0.2) is 0 Å². The van der Waals surface area contributed by atoms with Crippen LogP contribution in [0.2, 0.25) is 0 Å². The van der Waals surface area contributed by atoms with Gasteiger partial charge in [-0.15, -0.1) is 0 Å². The van der Waals surface area contributed by atoms with E-state index in [0.717, 1.165) is 19.3 Å². The van der Waals surface area contributed by atoms with Crippen LogP contribution in [0.3, 0.4) is 0 Å². The quantitative estimate of drug-likeness (QED) is 0.638. The molecule has 0 bridgehead atoms. The lowest BCUT2D eigenvalue weighted by Crippen LogP contribution is -2.38. The van der Waals surface area contributed by atoms with Crippen molar-refractivity contribution in [2.24, 2.45) is 0 Å². The average Bonchev–Trinajstić information content (AvgIpc) is 2.13. The fraction of sp³-hybridized carbons (Fsp3) is 0.909. The molecule has 0 rings (SSSR count). The molecule has 0 atom stereocenters. The highest BCUT2D eigenvalue weighted by molar-refractivity contribution is 5.76. The molecular formula is C11H23NO2. The van der Waals surface area contributed by atoms with Gasteiger partial charge >= 0.3 is 0 Å². The summed E-state index contributed by atoms with van der Waals surface area (Å²) in [5, 5.41) is 8.81. The monoisotopic (exact) mass is 201 g/mol. The van der Waals surface area contributed by atoms with Gasteiger partial charge in [0.2, 0.25) is 5.91 Å². The minimum absolute atomic E-state index is 0.0533. The topological polar surface area (TPSA) is 40.5 Å². The van der Waals surface area contributed by atoms with E-state index in [1.165, 1.54) is 0 Å². The Labute approximate surface area is 87.1 Å². The highest BCUT2D eigenvalue weighted by Crippen LogP contribution is 2.06. The van der Waals surface area contributed by atoms with Crippen LogP contribution in [-0.4, -0.2) is 35.1 Å². The van der Waals surface area contributed by atoms with E-state index < -0.39 is 0 Å². The molecule has 0 aliphatic heterocycles. The van der Waals surface area contributed by atoms with E-state index in [4.69, 9.17) is 5.11 Å². The second kappa shape index (κ2) is 7.80. The van der Waals surface area contributed by atoms with Crippen molar-refractivity contribution in [1.82, 2.24) is 4.90 Å². The van der Waals surface area contributed by atoms with E-state index in [0.29, 0.717) is 13.0 Å². The first-order chi connectivity index (χ1) is 6.63. The first-order valence-electron chi connectivity index (χ1n) is 5.53. The maximum absolute atomic E-state index is 11.7. The van der Waals surface area contributed by atoms with Gasteiger partial charge in [0.15, 0.2) is 0 Å². The Kier molecular flexibility index (Phi) is 7.48. The third kappa shape index (κ3) is 5.22. The van der Waals surface area contributed by atoms with Crippen molar-refractivity contribution >= 4 is 5.91 Å². The molecule has 0 unspecified atom stereocenters. The predicted molar refractivity (Wildman–Crippen MR) is 58.1 cm³/mol. The minimum atomic E-state index is 0.0533. The smallest absolute Gasteiger partial charge is 0.222 e. The fourth-order valence-electron chi connectivity index (χ4n) is 1.45. The summed E-state index contributed by atoms with van der Waals surface area (Å²) in [6.45, 7) is 6.60. The first-order valence-corrected chi connectivity index (χ1v) is 5.53.